The van der Waals surface area contributed by atoms with Crippen LogP contribution in [0.1, 0.15) is 0 Å². The van der Waals surface area contributed by atoms with Gasteiger partial charge in [0.05, 0.1) is 10.5 Å². The molecule has 0 saturated carbocycles. The van der Waals surface area contributed by atoms with Gasteiger partial charge in [0.15, 0.2) is 11.6 Å². The molecule has 0 unspecified atom stereocenters. The molecule has 0 radical (unpaired) electrons. The topological polar surface area (TPSA) is 37.9 Å². The molecule has 0 aliphatic rings. The molecule has 0 amide bonds. The van der Waals surface area contributed by atoms with Crippen LogP contribution in [0.4, 0.5) is 4.39 Å². The molecule has 118 valence electrons. The van der Waals surface area contributed by atoms with E-state index in [1.54, 1.807) is 30.3 Å². The first-order valence-corrected chi connectivity index (χ1v) is 7.75. The molecule has 0 atom stereocenters. The lowest BCUT2D eigenvalue weighted by atomic mass is 10.1. The van der Waals surface area contributed by atoms with Crippen LogP contribution in [0, 0.1) is 5.82 Å². The van der Waals surface area contributed by atoms with E-state index in [0.717, 1.165) is 22.2 Å². The fourth-order valence-electron chi connectivity index (χ4n) is 2.58. The van der Waals surface area contributed by atoms with Crippen molar-refractivity contribution in [2.24, 2.45) is 0 Å². The molecule has 4 aromatic rings. The number of rotatable bonds is 3. The largest absolute Gasteiger partial charge is 0.454 e. The zero-order valence-electron chi connectivity index (χ0n) is 12.5. The zero-order chi connectivity index (χ0) is 16.5. The van der Waals surface area contributed by atoms with Crippen LogP contribution in [0.5, 0.6) is 11.5 Å². The number of para-hydroxylation sites is 1. The second-order valence-electron chi connectivity index (χ2n) is 5.29. The van der Waals surface area contributed by atoms with Crippen molar-refractivity contribution in [1.82, 2.24) is 10.2 Å². The third-order valence-corrected chi connectivity index (χ3v) is 4.06. The van der Waals surface area contributed by atoms with Crippen molar-refractivity contribution < 1.29 is 9.13 Å². The monoisotopic (exact) mass is 338 g/mol. The number of ether oxygens (including phenoxy) is 1. The van der Waals surface area contributed by atoms with E-state index in [0.29, 0.717) is 10.8 Å². The smallest absolute Gasteiger partial charge is 0.165 e. The van der Waals surface area contributed by atoms with Crippen molar-refractivity contribution in [2.45, 2.75) is 0 Å². The van der Waals surface area contributed by atoms with Gasteiger partial charge in [-0.2, -0.15) is 5.10 Å². The second-order valence-corrected chi connectivity index (χ2v) is 5.70. The van der Waals surface area contributed by atoms with Crippen molar-refractivity contribution in [3.05, 3.63) is 77.6 Å². The van der Waals surface area contributed by atoms with Crippen molar-refractivity contribution >= 4 is 22.5 Å². The van der Waals surface area contributed by atoms with E-state index in [9.17, 15) is 4.39 Å². The van der Waals surface area contributed by atoms with Gasteiger partial charge in [-0.15, -0.1) is 0 Å². The van der Waals surface area contributed by atoms with Crippen LogP contribution in [-0.4, -0.2) is 10.2 Å². The number of benzene rings is 3. The van der Waals surface area contributed by atoms with Gasteiger partial charge >= 0.3 is 0 Å². The minimum atomic E-state index is -0.404. The maximum absolute atomic E-state index is 13.7. The predicted octanol–water partition coefficient (Wildman–Crippen LogP) is 5.81. The summed E-state index contributed by atoms with van der Waals surface area (Å²) in [5.41, 5.74) is 2.42. The Morgan fingerprint density at radius 1 is 0.958 bits per heavy atom. The summed E-state index contributed by atoms with van der Waals surface area (Å²) in [5, 5.41) is 8.88. The van der Waals surface area contributed by atoms with Crippen LogP contribution >= 0.6 is 11.6 Å². The standard InChI is InChI=1S/C19H12ClFN2O/c20-15-6-2-1-5-13(15)19-14-10-9-12(11-17(14)22-23-19)24-18-8-4-3-7-16(18)21/h1-11H,(H,22,23). The Balaban J connectivity index is 1.73. The molecule has 3 nitrogen and oxygen atoms in total. The number of nitrogens with zero attached hydrogens (tertiary/aromatic N) is 1. The molecule has 1 N–H and O–H groups in total. The number of aromatic nitrogens is 2. The molecular formula is C19H12ClFN2O. The number of hydrogen-bond acceptors (Lipinski definition) is 2. The van der Waals surface area contributed by atoms with Gasteiger partial charge in [-0.1, -0.05) is 41.9 Å². The molecule has 0 fully saturated rings. The van der Waals surface area contributed by atoms with Crippen LogP contribution in [0.2, 0.25) is 5.02 Å². The van der Waals surface area contributed by atoms with Gasteiger partial charge in [0.25, 0.3) is 0 Å². The Hall–Kier alpha value is -2.85. The highest BCUT2D eigenvalue weighted by molar-refractivity contribution is 6.33. The SMILES string of the molecule is Fc1ccccc1Oc1ccc2c(-c3ccccc3Cl)n[nH]c2c1. The van der Waals surface area contributed by atoms with Gasteiger partial charge in [-0.05, 0) is 30.3 Å². The quantitative estimate of drug-likeness (QED) is 0.511. The number of H-pyrrole nitrogens is 1. The zero-order valence-corrected chi connectivity index (χ0v) is 13.2. The lowest BCUT2D eigenvalue weighted by molar-refractivity contribution is 0.443. The molecule has 3 aromatic carbocycles. The predicted molar refractivity (Wildman–Crippen MR) is 93.0 cm³/mol. The Morgan fingerprint density at radius 2 is 1.75 bits per heavy atom. The summed E-state index contributed by atoms with van der Waals surface area (Å²) in [6.45, 7) is 0. The van der Waals surface area contributed by atoms with E-state index >= 15 is 0 Å². The van der Waals surface area contributed by atoms with Gasteiger partial charge in [-0.25, -0.2) is 4.39 Å². The molecule has 1 heterocycles. The summed E-state index contributed by atoms with van der Waals surface area (Å²) in [6.07, 6.45) is 0. The van der Waals surface area contributed by atoms with E-state index in [-0.39, 0.29) is 5.75 Å². The number of fused-ring (bicyclic) bond motifs is 1. The number of nitrogens with one attached hydrogen (secondary N) is 1. The highest BCUT2D eigenvalue weighted by Crippen LogP contribution is 2.34. The molecule has 1 aromatic heterocycles. The van der Waals surface area contributed by atoms with E-state index in [1.807, 2.05) is 30.3 Å². The maximum atomic E-state index is 13.7. The molecular weight excluding hydrogens is 327 g/mol. The van der Waals surface area contributed by atoms with Gasteiger partial charge in [0.1, 0.15) is 11.4 Å². The van der Waals surface area contributed by atoms with Crippen molar-refractivity contribution in [1.29, 1.82) is 0 Å². The number of hydrogen-bond donors (Lipinski definition) is 1. The number of aromatic amines is 1. The Morgan fingerprint density at radius 3 is 2.58 bits per heavy atom. The summed E-state index contributed by atoms with van der Waals surface area (Å²) >= 11 is 6.25. The Kier molecular flexibility index (Phi) is 3.67. The molecule has 0 aliphatic heterocycles. The minimum absolute atomic E-state index is 0.183. The normalized spacial score (nSPS) is 10.9. The van der Waals surface area contributed by atoms with E-state index in [1.165, 1.54) is 6.07 Å². The Bertz CT molecular complexity index is 1030. The lowest BCUT2D eigenvalue weighted by Crippen LogP contribution is -1.87. The average Bonchev–Trinajstić information content (AvgIpc) is 3.00. The summed E-state index contributed by atoms with van der Waals surface area (Å²) in [5.74, 6) is 0.309. The molecule has 0 saturated heterocycles. The van der Waals surface area contributed by atoms with E-state index < -0.39 is 5.82 Å². The van der Waals surface area contributed by atoms with Crippen molar-refractivity contribution in [3.63, 3.8) is 0 Å². The van der Waals surface area contributed by atoms with Crippen molar-refractivity contribution in [2.75, 3.05) is 0 Å². The van der Waals surface area contributed by atoms with Gasteiger partial charge in [0, 0.05) is 17.0 Å². The molecule has 0 aliphatic carbocycles. The summed E-state index contributed by atoms with van der Waals surface area (Å²) in [4.78, 5) is 0. The summed E-state index contributed by atoms with van der Waals surface area (Å²) in [7, 11) is 0. The first-order valence-electron chi connectivity index (χ1n) is 7.38. The maximum Gasteiger partial charge on any atom is 0.165 e. The van der Waals surface area contributed by atoms with Crippen LogP contribution in [-0.2, 0) is 0 Å². The van der Waals surface area contributed by atoms with Crippen LogP contribution < -0.4 is 4.74 Å². The molecule has 0 spiro atoms. The first kappa shape index (κ1) is 14.7. The molecule has 5 heteroatoms. The van der Waals surface area contributed by atoms with Crippen LogP contribution in [0.25, 0.3) is 22.2 Å². The average molecular weight is 339 g/mol. The van der Waals surface area contributed by atoms with E-state index in [4.69, 9.17) is 16.3 Å². The van der Waals surface area contributed by atoms with Gasteiger partial charge in [0.2, 0.25) is 0 Å². The first-order chi connectivity index (χ1) is 11.7. The summed E-state index contributed by atoms with van der Waals surface area (Å²) in [6, 6.07) is 19.3. The molecule has 0 bridgehead atoms. The van der Waals surface area contributed by atoms with Crippen LogP contribution in [0.15, 0.2) is 66.7 Å². The third kappa shape index (κ3) is 2.61. The van der Waals surface area contributed by atoms with Crippen LogP contribution in [0.3, 0.4) is 0 Å². The number of halogens is 2. The third-order valence-electron chi connectivity index (χ3n) is 3.73. The van der Waals surface area contributed by atoms with Gasteiger partial charge in [-0.3, -0.25) is 5.10 Å². The summed E-state index contributed by atoms with van der Waals surface area (Å²) < 4.78 is 19.3. The Labute approximate surface area is 142 Å². The van der Waals surface area contributed by atoms with E-state index in [2.05, 4.69) is 10.2 Å². The minimum Gasteiger partial charge on any atom is -0.454 e. The fourth-order valence-corrected chi connectivity index (χ4v) is 2.80. The lowest BCUT2D eigenvalue weighted by Gasteiger charge is -2.06. The van der Waals surface area contributed by atoms with Crippen molar-refractivity contribution in [3.8, 4) is 22.8 Å². The van der Waals surface area contributed by atoms with Gasteiger partial charge < -0.3 is 4.74 Å². The highest BCUT2D eigenvalue weighted by atomic mass is 35.5. The highest BCUT2D eigenvalue weighted by Gasteiger charge is 2.12. The molecule has 4 rings (SSSR count). The second kappa shape index (κ2) is 5.98. The molecule has 24 heavy (non-hydrogen) atoms. The fraction of sp³-hybridized carbons (Fsp3) is 0.